The summed E-state index contributed by atoms with van der Waals surface area (Å²) in [5, 5.41) is 11.7. The Hall–Kier alpha value is -1.41. The molecule has 90 valence electrons. The molecule has 1 atom stereocenters. The smallest absolute Gasteiger partial charge is 0.329 e. The Morgan fingerprint density at radius 1 is 1.44 bits per heavy atom. The van der Waals surface area contributed by atoms with Crippen molar-refractivity contribution in [2.24, 2.45) is 0 Å². The van der Waals surface area contributed by atoms with Crippen LogP contribution in [0.5, 0.6) is 0 Å². The maximum Gasteiger partial charge on any atom is 0.329 e. The Bertz CT molecular complexity index is 412. The molecule has 0 bridgehead atoms. The second-order valence-electron chi connectivity index (χ2n) is 3.22. The number of rotatable bonds is 5. The van der Waals surface area contributed by atoms with Crippen LogP contribution in [0.3, 0.4) is 0 Å². The predicted octanol–water partition coefficient (Wildman–Crippen LogP) is -1.49. The number of carboxylic acid groups (broad SMARTS) is 1. The number of hydrogen-bond acceptors (Lipinski definition) is 5. The van der Waals surface area contributed by atoms with E-state index in [0.717, 1.165) is 5.41 Å². The molecule has 1 amide bonds. The van der Waals surface area contributed by atoms with E-state index in [-0.39, 0.29) is 5.75 Å². The van der Waals surface area contributed by atoms with Crippen molar-refractivity contribution in [2.75, 3.05) is 19.0 Å². The molecule has 0 spiro atoms. The van der Waals surface area contributed by atoms with Crippen molar-refractivity contribution < 1.29 is 27.9 Å². The van der Waals surface area contributed by atoms with Crippen LogP contribution in [0.1, 0.15) is 0 Å². The van der Waals surface area contributed by atoms with Crippen LogP contribution in [0.25, 0.3) is 0 Å². The van der Waals surface area contributed by atoms with Crippen LogP contribution in [-0.4, -0.2) is 50.4 Å². The van der Waals surface area contributed by atoms with Crippen molar-refractivity contribution in [3.63, 3.8) is 0 Å². The first kappa shape index (κ1) is 12.7. The van der Waals surface area contributed by atoms with E-state index in [0.29, 0.717) is 0 Å². The summed E-state index contributed by atoms with van der Waals surface area (Å²) in [6, 6.07) is -0.564. The molecular formula is C8H11NO6S. The minimum absolute atomic E-state index is 0.169. The fraction of sp³-hybridized carbons (Fsp3) is 0.500. The molecule has 0 saturated heterocycles. The van der Waals surface area contributed by atoms with Crippen LogP contribution in [0.4, 0.5) is 0 Å². The van der Waals surface area contributed by atoms with Gasteiger partial charge in [0.25, 0.3) is 0 Å². The molecule has 0 aromatic heterocycles. The van der Waals surface area contributed by atoms with Gasteiger partial charge in [-0.1, -0.05) is 0 Å². The van der Waals surface area contributed by atoms with E-state index < -0.39 is 41.0 Å². The molecule has 0 fully saturated rings. The lowest BCUT2D eigenvalue weighted by Crippen LogP contribution is -2.38. The monoisotopic (exact) mass is 249 g/mol. The maximum atomic E-state index is 11.1. The number of carboxylic acids is 1. The lowest BCUT2D eigenvalue weighted by atomic mass is 10.3. The summed E-state index contributed by atoms with van der Waals surface area (Å²) in [6.07, 6.45) is 1.37. The minimum Gasteiger partial charge on any atom is -0.480 e. The Kier molecular flexibility index (Phi) is 4.02. The summed E-state index contributed by atoms with van der Waals surface area (Å²) in [5.74, 6) is -1.89. The van der Waals surface area contributed by atoms with Crippen molar-refractivity contribution in [1.82, 2.24) is 5.32 Å². The van der Waals surface area contributed by atoms with Crippen molar-refractivity contribution in [2.45, 2.75) is 6.04 Å². The van der Waals surface area contributed by atoms with Gasteiger partial charge in [-0.3, -0.25) is 4.79 Å². The first-order valence-corrected chi connectivity index (χ1v) is 6.10. The van der Waals surface area contributed by atoms with E-state index in [9.17, 15) is 18.0 Å². The molecule has 7 nitrogen and oxygen atoms in total. The maximum absolute atomic E-state index is 11.1. The van der Waals surface area contributed by atoms with E-state index in [4.69, 9.17) is 5.11 Å². The van der Waals surface area contributed by atoms with Crippen molar-refractivity contribution in [3.05, 3.63) is 11.5 Å². The van der Waals surface area contributed by atoms with Gasteiger partial charge in [-0.2, -0.15) is 0 Å². The summed E-state index contributed by atoms with van der Waals surface area (Å²) in [6.45, 7) is -0.969. The summed E-state index contributed by atoms with van der Waals surface area (Å²) in [7, 11) is -3.21. The SMILES string of the molecule is O=C(O)COCC(=O)NC1C=CS(=O)(=O)C1. The van der Waals surface area contributed by atoms with Gasteiger partial charge in [-0.15, -0.1) is 0 Å². The van der Waals surface area contributed by atoms with Crippen molar-refractivity contribution in [1.29, 1.82) is 0 Å². The number of carbonyl (C=O) groups is 2. The Morgan fingerprint density at radius 3 is 2.62 bits per heavy atom. The summed E-state index contributed by atoms with van der Waals surface area (Å²) in [5.41, 5.74) is 0. The van der Waals surface area contributed by atoms with E-state index in [1.807, 2.05) is 0 Å². The fourth-order valence-electron chi connectivity index (χ4n) is 1.15. The van der Waals surface area contributed by atoms with Gasteiger partial charge in [0.1, 0.15) is 13.2 Å². The molecule has 1 aliphatic rings. The first-order chi connectivity index (χ1) is 7.39. The fourth-order valence-corrected chi connectivity index (χ4v) is 2.38. The summed E-state index contributed by atoms with van der Waals surface area (Å²) in [4.78, 5) is 21.2. The molecule has 1 unspecified atom stereocenters. The number of hydrogen-bond donors (Lipinski definition) is 2. The number of sulfone groups is 1. The topological polar surface area (TPSA) is 110 Å². The molecule has 0 aromatic carbocycles. The van der Waals surface area contributed by atoms with Crippen LogP contribution in [0.2, 0.25) is 0 Å². The third kappa shape index (κ3) is 4.41. The van der Waals surface area contributed by atoms with Crippen LogP contribution < -0.4 is 5.32 Å². The number of ether oxygens (including phenoxy) is 1. The Labute approximate surface area is 92.0 Å². The minimum atomic E-state index is -3.21. The zero-order chi connectivity index (χ0) is 12.2. The van der Waals surface area contributed by atoms with Gasteiger partial charge >= 0.3 is 5.97 Å². The lowest BCUT2D eigenvalue weighted by molar-refractivity contribution is -0.143. The third-order valence-corrected chi connectivity index (χ3v) is 3.13. The highest BCUT2D eigenvalue weighted by atomic mass is 32.2. The van der Waals surface area contributed by atoms with E-state index in [1.54, 1.807) is 0 Å². The van der Waals surface area contributed by atoms with E-state index in [2.05, 4.69) is 10.1 Å². The zero-order valence-corrected chi connectivity index (χ0v) is 9.07. The average molecular weight is 249 g/mol. The highest BCUT2D eigenvalue weighted by Crippen LogP contribution is 2.07. The van der Waals surface area contributed by atoms with Crippen molar-refractivity contribution in [3.8, 4) is 0 Å². The Morgan fingerprint density at radius 2 is 2.12 bits per heavy atom. The molecule has 0 radical (unpaired) electrons. The van der Waals surface area contributed by atoms with E-state index in [1.165, 1.54) is 6.08 Å². The van der Waals surface area contributed by atoms with Gasteiger partial charge in [-0.05, 0) is 6.08 Å². The Balaban J connectivity index is 2.26. The van der Waals surface area contributed by atoms with Gasteiger partial charge < -0.3 is 15.2 Å². The molecule has 1 rings (SSSR count). The average Bonchev–Trinajstić information content (AvgIpc) is 2.44. The lowest BCUT2D eigenvalue weighted by Gasteiger charge is -2.09. The first-order valence-electron chi connectivity index (χ1n) is 4.39. The second-order valence-corrected chi connectivity index (χ2v) is 5.15. The predicted molar refractivity (Wildman–Crippen MR) is 53.3 cm³/mol. The molecule has 0 aliphatic carbocycles. The van der Waals surface area contributed by atoms with Gasteiger partial charge in [0, 0.05) is 5.41 Å². The number of amides is 1. The quantitative estimate of drug-likeness (QED) is 0.614. The van der Waals surface area contributed by atoms with E-state index >= 15 is 0 Å². The normalized spacial score (nSPS) is 21.9. The number of carbonyl (C=O) groups excluding carboxylic acids is 1. The highest BCUT2D eigenvalue weighted by Gasteiger charge is 2.22. The molecule has 8 heteroatoms. The molecule has 0 aromatic rings. The third-order valence-electron chi connectivity index (χ3n) is 1.74. The molecule has 1 heterocycles. The van der Waals surface area contributed by atoms with Gasteiger partial charge in [0.15, 0.2) is 9.84 Å². The number of aliphatic carboxylic acids is 1. The van der Waals surface area contributed by atoms with Crippen LogP contribution in [0, 0.1) is 0 Å². The van der Waals surface area contributed by atoms with Crippen LogP contribution in [-0.2, 0) is 24.2 Å². The molecular weight excluding hydrogens is 238 g/mol. The summed E-state index contributed by atoms with van der Waals surface area (Å²) < 4.78 is 26.5. The van der Waals surface area contributed by atoms with Crippen LogP contribution >= 0.6 is 0 Å². The zero-order valence-electron chi connectivity index (χ0n) is 8.25. The van der Waals surface area contributed by atoms with Gasteiger partial charge in [-0.25, -0.2) is 13.2 Å². The van der Waals surface area contributed by atoms with Gasteiger partial charge in [0.2, 0.25) is 5.91 Å². The largest absolute Gasteiger partial charge is 0.480 e. The molecule has 0 saturated carbocycles. The standard InChI is InChI=1S/C8H11NO6S/c10-7(3-15-4-8(11)12)9-6-1-2-16(13,14)5-6/h1-2,6H,3-5H2,(H,9,10)(H,11,12). The summed E-state index contributed by atoms with van der Waals surface area (Å²) >= 11 is 0. The van der Waals surface area contributed by atoms with Crippen molar-refractivity contribution >= 4 is 21.7 Å². The molecule has 1 aliphatic heterocycles. The number of nitrogens with one attached hydrogen (secondary N) is 1. The molecule has 16 heavy (non-hydrogen) atoms. The second kappa shape index (κ2) is 5.08. The molecule has 2 N–H and O–H groups in total. The van der Waals surface area contributed by atoms with Crippen LogP contribution in [0.15, 0.2) is 11.5 Å². The van der Waals surface area contributed by atoms with Gasteiger partial charge in [0.05, 0.1) is 11.8 Å². The highest BCUT2D eigenvalue weighted by molar-refractivity contribution is 7.94.